The fraction of sp³-hybridized carbons (Fsp3) is 0.529. The number of quaternary nitrogens is 1. The highest BCUT2D eigenvalue weighted by molar-refractivity contribution is 5.91. The van der Waals surface area contributed by atoms with Crippen molar-refractivity contribution < 1.29 is 14.5 Å². The molecule has 0 bridgehead atoms. The van der Waals surface area contributed by atoms with E-state index >= 15 is 0 Å². The summed E-state index contributed by atoms with van der Waals surface area (Å²) in [6, 6.07) is 7.65. The van der Waals surface area contributed by atoms with Crippen molar-refractivity contribution in [1.82, 2.24) is 5.32 Å². The Balaban J connectivity index is 2.41. The van der Waals surface area contributed by atoms with E-state index in [0.717, 1.165) is 22.6 Å². The third-order valence-electron chi connectivity index (χ3n) is 3.62. The maximum Gasteiger partial charge on any atom is 0.279 e. The summed E-state index contributed by atoms with van der Waals surface area (Å²) in [5, 5.41) is 5.82. The largest absolute Gasteiger partial charge is 0.346 e. The molecule has 0 saturated heterocycles. The number of likely N-dealkylation sites (N-methyl/N-ethyl adjacent to an activating group) is 1. The van der Waals surface area contributed by atoms with Crippen LogP contribution in [0.25, 0.3) is 0 Å². The van der Waals surface area contributed by atoms with E-state index in [4.69, 9.17) is 0 Å². The van der Waals surface area contributed by atoms with Gasteiger partial charge in [-0.2, -0.15) is 0 Å². The van der Waals surface area contributed by atoms with Crippen LogP contribution in [0, 0.1) is 6.92 Å². The molecule has 0 spiro atoms. The molecule has 5 heteroatoms. The minimum Gasteiger partial charge on any atom is -0.346 e. The van der Waals surface area contributed by atoms with Gasteiger partial charge in [-0.15, -0.1) is 0 Å². The van der Waals surface area contributed by atoms with Crippen LogP contribution in [0.15, 0.2) is 24.3 Å². The van der Waals surface area contributed by atoms with Crippen molar-refractivity contribution in [2.45, 2.75) is 39.7 Å². The molecule has 0 aliphatic heterocycles. The molecule has 1 atom stereocenters. The summed E-state index contributed by atoms with van der Waals surface area (Å²) in [4.78, 5) is 24.8. The van der Waals surface area contributed by atoms with E-state index in [2.05, 4.69) is 10.6 Å². The highest BCUT2D eigenvalue weighted by Crippen LogP contribution is 2.08. The lowest BCUT2D eigenvalue weighted by molar-refractivity contribution is -0.862. The number of amides is 2. The maximum absolute atomic E-state index is 12.0. The summed E-state index contributed by atoms with van der Waals surface area (Å²) < 4.78 is 0. The van der Waals surface area contributed by atoms with Crippen LogP contribution < -0.4 is 15.5 Å². The van der Waals surface area contributed by atoms with Gasteiger partial charge in [0.25, 0.3) is 11.8 Å². The predicted octanol–water partition coefficient (Wildman–Crippen LogP) is 0.753. The van der Waals surface area contributed by atoms with E-state index < -0.39 is 0 Å². The fourth-order valence-electron chi connectivity index (χ4n) is 1.96. The quantitative estimate of drug-likeness (QED) is 0.696. The van der Waals surface area contributed by atoms with Gasteiger partial charge in [0.15, 0.2) is 13.1 Å². The number of carbonyl (C=O) groups is 2. The number of hydrogen-bond acceptors (Lipinski definition) is 2. The summed E-state index contributed by atoms with van der Waals surface area (Å²) in [5.74, 6) is -0.128. The summed E-state index contributed by atoms with van der Waals surface area (Å²) in [6.45, 7) is 8.55. The van der Waals surface area contributed by atoms with Crippen LogP contribution in [0.4, 0.5) is 5.69 Å². The second kappa shape index (κ2) is 7.94. The van der Waals surface area contributed by atoms with Crippen LogP contribution in [0.5, 0.6) is 0 Å². The molecule has 0 aliphatic carbocycles. The molecule has 3 N–H and O–H groups in total. The zero-order valence-electron chi connectivity index (χ0n) is 14.2. The van der Waals surface area contributed by atoms with E-state index in [9.17, 15) is 9.59 Å². The van der Waals surface area contributed by atoms with Gasteiger partial charge in [0.05, 0.1) is 7.05 Å². The summed E-state index contributed by atoms with van der Waals surface area (Å²) in [6.07, 6.45) is 0.867. The predicted molar refractivity (Wildman–Crippen MR) is 88.9 cm³/mol. The highest BCUT2D eigenvalue weighted by atomic mass is 16.2. The van der Waals surface area contributed by atoms with E-state index in [-0.39, 0.29) is 30.4 Å². The van der Waals surface area contributed by atoms with Crippen molar-refractivity contribution in [3.8, 4) is 0 Å². The van der Waals surface area contributed by atoms with Gasteiger partial charge in [-0.1, -0.05) is 24.6 Å². The molecule has 0 fully saturated rings. The molecular weight excluding hydrogens is 278 g/mol. The Morgan fingerprint density at radius 1 is 1.09 bits per heavy atom. The number of benzene rings is 1. The number of anilines is 1. The second-order valence-electron chi connectivity index (χ2n) is 6.51. The molecule has 0 aliphatic rings. The second-order valence-corrected chi connectivity index (χ2v) is 6.51. The zero-order chi connectivity index (χ0) is 16.8. The Morgan fingerprint density at radius 2 is 1.64 bits per heavy atom. The van der Waals surface area contributed by atoms with Crippen molar-refractivity contribution in [3.05, 3.63) is 29.8 Å². The van der Waals surface area contributed by atoms with Crippen molar-refractivity contribution in [3.63, 3.8) is 0 Å². The van der Waals surface area contributed by atoms with Crippen molar-refractivity contribution in [2.24, 2.45) is 0 Å². The van der Waals surface area contributed by atoms with E-state index in [1.807, 2.05) is 59.0 Å². The van der Waals surface area contributed by atoms with Gasteiger partial charge in [0.2, 0.25) is 0 Å². The number of nitrogens with one attached hydrogen (secondary N) is 3. The highest BCUT2D eigenvalue weighted by Gasteiger charge is 2.21. The smallest absolute Gasteiger partial charge is 0.279 e. The first-order chi connectivity index (χ1) is 10.2. The molecule has 0 heterocycles. The van der Waals surface area contributed by atoms with Crippen LogP contribution >= 0.6 is 0 Å². The lowest BCUT2D eigenvalue weighted by Gasteiger charge is -2.25. The molecular formula is C17H28N3O2+. The lowest BCUT2D eigenvalue weighted by atomic mass is 10.0. The van der Waals surface area contributed by atoms with Gasteiger partial charge in [0.1, 0.15) is 0 Å². The van der Waals surface area contributed by atoms with Crippen molar-refractivity contribution >= 4 is 17.5 Å². The Labute approximate surface area is 133 Å². The van der Waals surface area contributed by atoms with Crippen LogP contribution in [-0.4, -0.2) is 37.5 Å². The minimum atomic E-state index is -0.207. The third-order valence-corrected chi connectivity index (χ3v) is 3.62. The molecule has 1 rings (SSSR count). The number of hydrogen-bond donors (Lipinski definition) is 3. The van der Waals surface area contributed by atoms with Crippen LogP contribution in [0.2, 0.25) is 0 Å². The fourth-order valence-corrected chi connectivity index (χ4v) is 1.96. The molecule has 1 aromatic rings. The average molecular weight is 306 g/mol. The Bertz CT molecular complexity index is 509. The molecule has 0 radical (unpaired) electrons. The van der Waals surface area contributed by atoms with Gasteiger partial charge >= 0.3 is 0 Å². The van der Waals surface area contributed by atoms with E-state index in [1.165, 1.54) is 0 Å². The lowest BCUT2D eigenvalue weighted by Crippen LogP contribution is -3.11. The molecule has 22 heavy (non-hydrogen) atoms. The van der Waals surface area contributed by atoms with Crippen LogP contribution in [0.3, 0.4) is 0 Å². The Morgan fingerprint density at radius 3 is 2.18 bits per heavy atom. The third kappa shape index (κ3) is 6.72. The zero-order valence-corrected chi connectivity index (χ0v) is 14.2. The molecule has 0 saturated carbocycles. The van der Waals surface area contributed by atoms with Gasteiger partial charge in [-0.05, 0) is 39.3 Å². The Kier molecular flexibility index (Phi) is 6.56. The Hall–Kier alpha value is -1.88. The SMILES string of the molecule is CCC(C)(C)NC(=O)C[NH+](C)CC(=O)Nc1ccc(C)cc1. The van der Waals surface area contributed by atoms with Crippen molar-refractivity contribution in [2.75, 3.05) is 25.5 Å². The number of rotatable bonds is 7. The number of carbonyl (C=O) groups excluding carboxylic acids is 2. The monoisotopic (exact) mass is 306 g/mol. The van der Waals surface area contributed by atoms with Crippen LogP contribution in [0.1, 0.15) is 32.8 Å². The topological polar surface area (TPSA) is 62.6 Å². The normalized spacial score (nSPS) is 12.6. The summed E-state index contributed by atoms with van der Waals surface area (Å²) in [7, 11) is 1.84. The first-order valence-electron chi connectivity index (χ1n) is 7.70. The van der Waals surface area contributed by atoms with Gasteiger partial charge in [0, 0.05) is 11.2 Å². The molecule has 2 amide bonds. The molecule has 5 nitrogen and oxygen atoms in total. The number of aryl methyl sites for hydroxylation is 1. The molecule has 1 unspecified atom stereocenters. The summed E-state index contributed by atoms with van der Waals surface area (Å²) >= 11 is 0. The first kappa shape index (κ1) is 18.2. The summed E-state index contributed by atoms with van der Waals surface area (Å²) in [5.41, 5.74) is 1.72. The van der Waals surface area contributed by atoms with Gasteiger partial charge < -0.3 is 15.5 Å². The van der Waals surface area contributed by atoms with Gasteiger partial charge in [-0.25, -0.2) is 0 Å². The van der Waals surface area contributed by atoms with Crippen LogP contribution in [-0.2, 0) is 9.59 Å². The van der Waals surface area contributed by atoms with E-state index in [1.54, 1.807) is 0 Å². The first-order valence-corrected chi connectivity index (χ1v) is 7.70. The molecule has 0 aromatic heterocycles. The molecule has 122 valence electrons. The maximum atomic E-state index is 12.0. The molecule has 1 aromatic carbocycles. The van der Waals surface area contributed by atoms with Crippen molar-refractivity contribution in [1.29, 1.82) is 0 Å². The average Bonchev–Trinajstić information content (AvgIpc) is 2.40. The minimum absolute atomic E-state index is 0.0347. The van der Waals surface area contributed by atoms with E-state index in [0.29, 0.717) is 0 Å². The van der Waals surface area contributed by atoms with Gasteiger partial charge in [-0.3, -0.25) is 9.59 Å². The standard InChI is InChI=1S/C17H27N3O2/c1-6-17(3,4)19-16(22)12-20(5)11-15(21)18-14-9-7-13(2)8-10-14/h7-10H,6,11-12H2,1-5H3,(H,18,21)(H,19,22)/p+1.